The van der Waals surface area contributed by atoms with Gasteiger partial charge >= 0.3 is 7.12 Å². The SMILES string of the molecule is OB(O)c1cccc(CF)c1F. The Bertz CT molecular complexity index is 278. The van der Waals surface area contributed by atoms with Gasteiger partial charge in [0.2, 0.25) is 0 Å². The van der Waals surface area contributed by atoms with Crippen LogP contribution in [-0.2, 0) is 6.67 Å². The smallest absolute Gasteiger partial charge is 0.423 e. The molecule has 0 unspecified atom stereocenters. The molecule has 64 valence electrons. The Morgan fingerprint density at radius 1 is 1.33 bits per heavy atom. The first-order chi connectivity index (χ1) is 5.66. The summed E-state index contributed by atoms with van der Waals surface area (Å²) in [6.07, 6.45) is 0. The molecule has 0 atom stereocenters. The van der Waals surface area contributed by atoms with E-state index in [4.69, 9.17) is 10.0 Å². The topological polar surface area (TPSA) is 40.5 Å². The van der Waals surface area contributed by atoms with E-state index in [0.717, 1.165) is 0 Å². The van der Waals surface area contributed by atoms with Crippen LogP contribution in [0.4, 0.5) is 8.78 Å². The number of halogens is 2. The van der Waals surface area contributed by atoms with E-state index in [9.17, 15) is 8.78 Å². The molecule has 5 heteroatoms. The van der Waals surface area contributed by atoms with Crippen LogP contribution in [0.1, 0.15) is 5.56 Å². The maximum Gasteiger partial charge on any atom is 0.491 e. The molecular weight excluding hydrogens is 165 g/mol. The average Bonchev–Trinajstić information content (AvgIpc) is 2.04. The fourth-order valence-electron chi connectivity index (χ4n) is 0.902. The van der Waals surface area contributed by atoms with Gasteiger partial charge < -0.3 is 10.0 Å². The first kappa shape index (κ1) is 9.16. The molecule has 1 rings (SSSR count). The molecule has 0 aromatic heterocycles. The van der Waals surface area contributed by atoms with Crippen LogP contribution < -0.4 is 5.46 Å². The minimum Gasteiger partial charge on any atom is -0.423 e. The minimum absolute atomic E-state index is 0.166. The molecule has 0 bridgehead atoms. The number of alkyl halides is 1. The van der Waals surface area contributed by atoms with Gasteiger partial charge in [-0.25, -0.2) is 8.78 Å². The summed E-state index contributed by atoms with van der Waals surface area (Å²) in [7, 11) is -1.89. The number of hydrogen-bond donors (Lipinski definition) is 2. The van der Waals surface area contributed by atoms with E-state index in [0.29, 0.717) is 0 Å². The van der Waals surface area contributed by atoms with E-state index in [1.807, 2.05) is 0 Å². The van der Waals surface area contributed by atoms with E-state index < -0.39 is 19.6 Å². The van der Waals surface area contributed by atoms with Crippen molar-refractivity contribution in [3.63, 3.8) is 0 Å². The predicted molar refractivity (Wildman–Crippen MR) is 41.0 cm³/mol. The lowest BCUT2D eigenvalue weighted by molar-refractivity contribution is 0.421. The standard InChI is InChI=1S/C7H7BF2O2/c9-4-5-2-1-3-6(7(5)10)8(11)12/h1-3,11-12H,4H2. The second-order valence-corrected chi connectivity index (χ2v) is 2.33. The molecule has 1 aromatic carbocycles. The van der Waals surface area contributed by atoms with E-state index in [1.165, 1.54) is 18.2 Å². The number of hydrogen-bond acceptors (Lipinski definition) is 2. The van der Waals surface area contributed by atoms with Crippen LogP contribution in [-0.4, -0.2) is 17.2 Å². The molecule has 0 amide bonds. The molecule has 0 saturated heterocycles. The lowest BCUT2D eigenvalue weighted by atomic mass is 9.79. The van der Waals surface area contributed by atoms with Crippen LogP contribution in [0, 0.1) is 5.82 Å². The van der Waals surface area contributed by atoms with E-state index >= 15 is 0 Å². The lowest BCUT2D eigenvalue weighted by Gasteiger charge is -2.03. The van der Waals surface area contributed by atoms with Crippen molar-refractivity contribution >= 4 is 12.6 Å². The first-order valence-corrected chi connectivity index (χ1v) is 3.36. The molecule has 0 fully saturated rings. The minimum atomic E-state index is -1.89. The zero-order valence-corrected chi connectivity index (χ0v) is 6.17. The van der Waals surface area contributed by atoms with Crippen molar-refractivity contribution in [3.05, 3.63) is 29.6 Å². The Morgan fingerprint density at radius 3 is 2.50 bits per heavy atom. The third-order valence-electron chi connectivity index (χ3n) is 1.53. The Kier molecular flexibility index (Phi) is 2.78. The quantitative estimate of drug-likeness (QED) is 0.615. The van der Waals surface area contributed by atoms with Crippen molar-refractivity contribution in [3.8, 4) is 0 Å². The lowest BCUT2D eigenvalue weighted by Crippen LogP contribution is -2.33. The van der Waals surface area contributed by atoms with Gasteiger partial charge in [0.05, 0.1) is 0 Å². The van der Waals surface area contributed by atoms with Gasteiger partial charge in [0.1, 0.15) is 12.5 Å². The van der Waals surface area contributed by atoms with Gasteiger partial charge in [0.15, 0.2) is 0 Å². The molecule has 0 aliphatic heterocycles. The van der Waals surface area contributed by atoms with E-state index in [1.54, 1.807) is 0 Å². The fourth-order valence-corrected chi connectivity index (χ4v) is 0.902. The first-order valence-electron chi connectivity index (χ1n) is 3.36. The van der Waals surface area contributed by atoms with Crippen LogP contribution in [0.2, 0.25) is 0 Å². The molecule has 0 radical (unpaired) electrons. The Balaban J connectivity index is 3.14. The predicted octanol–water partition coefficient (Wildman–Crippen LogP) is -0.0250. The molecule has 2 nitrogen and oxygen atoms in total. The molecule has 0 aliphatic rings. The fraction of sp³-hybridized carbons (Fsp3) is 0.143. The molecular formula is C7H7BF2O2. The Labute approximate surface area is 68.6 Å². The highest BCUT2D eigenvalue weighted by Gasteiger charge is 2.17. The highest BCUT2D eigenvalue weighted by Crippen LogP contribution is 2.05. The molecule has 0 heterocycles. The molecule has 0 saturated carbocycles. The van der Waals surface area contributed by atoms with Gasteiger partial charge in [-0.3, -0.25) is 0 Å². The monoisotopic (exact) mass is 172 g/mol. The summed E-state index contributed by atoms with van der Waals surface area (Å²) in [4.78, 5) is 0. The van der Waals surface area contributed by atoms with Crippen molar-refractivity contribution in [2.45, 2.75) is 6.67 Å². The van der Waals surface area contributed by atoms with Gasteiger partial charge in [0.25, 0.3) is 0 Å². The third kappa shape index (κ3) is 1.62. The summed E-state index contributed by atoms with van der Waals surface area (Å²) in [5.41, 5.74) is -0.467. The van der Waals surface area contributed by atoms with Gasteiger partial charge in [-0.2, -0.15) is 0 Å². The van der Waals surface area contributed by atoms with Gasteiger partial charge in [0, 0.05) is 11.0 Å². The van der Waals surface area contributed by atoms with Crippen LogP contribution in [0.5, 0.6) is 0 Å². The second kappa shape index (κ2) is 3.64. The maximum absolute atomic E-state index is 13.0. The van der Waals surface area contributed by atoms with Gasteiger partial charge in [-0.1, -0.05) is 18.2 Å². The number of rotatable bonds is 2. The zero-order chi connectivity index (χ0) is 9.14. The van der Waals surface area contributed by atoms with Crippen molar-refractivity contribution in [1.82, 2.24) is 0 Å². The molecule has 2 N–H and O–H groups in total. The molecule has 1 aromatic rings. The largest absolute Gasteiger partial charge is 0.491 e. The zero-order valence-electron chi connectivity index (χ0n) is 6.17. The molecule has 12 heavy (non-hydrogen) atoms. The highest BCUT2D eigenvalue weighted by atomic mass is 19.1. The van der Waals surface area contributed by atoms with E-state index in [-0.39, 0.29) is 11.0 Å². The van der Waals surface area contributed by atoms with E-state index in [2.05, 4.69) is 0 Å². The molecule has 0 spiro atoms. The summed E-state index contributed by atoms with van der Waals surface area (Å²) in [5.74, 6) is -0.894. The highest BCUT2D eigenvalue weighted by molar-refractivity contribution is 6.58. The van der Waals surface area contributed by atoms with Crippen LogP contribution >= 0.6 is 0 Å². The summed E-state index contributed by atoms with van der Waals surface area (Å²) in [6.45, 7) is -0.952. The van der Waals surface area contributed by atoms with Gasteiger partial charge in [-0.05, 0) is 0 Å². The van der Waals surface area contributed by atoms with Crippen molar-refractivity contribution in [1.29, 1.82) is 0 Å². The normalized spacial score (nSPS) is 10.0. The summed E-state index contributed by atoms with van der Waals surface area (Å²) in [6, 6.07) is 3.81. The third-order valence-corrected chi connectivity index (χ3v) is 1.53. The van der Waals surface area contributed by atoms with Crippen LogP contribution in [0.25, 0.3) is 0 Å². The van der Waals surface area contributed by atoms with Crippen molar-refractivity contribution in [2.75, 3.05) is 0 Å². The summed E-state index contributed by atoms with van der Waals surface area (Å²) < 4.78 is 25.0. The Morgan fingerprint density at radius 2 is 2.00 bits per heavy atom. The number of benzene rings is 1. The molecule has 0 aliphatic carbocycles. The summed E-state index contributed by atoms with van der Waals surface area (Å²) in [5, 5.41) is 17.2. The second-order valence-electron chi connectivity index (χ2n) is 2.33. The van der Waals surface area contributed by atoms with Crippen LogP contribution in [0.3, 0.4) is 0 Å². The maximum atomic E-state index is 13.0. The van der Waals surface area contributed by atoms with Crippen molar-refractivity contribution in [2.24, 2.45) is 0 Å². The van der Waals surface area contributed by atoms with Gasteiger partial charge in [-0.15, -0.1) is 0 Å². The van der Waals surface area contributed by atoms with Crippen molar-refractivity contribution < 1.29 is 18.8 Å². The van der Waals surface area contributed by atoms with Crippen LogP contribution in [0.15, 0.2) is 18.2 Å². The average molecular weight is 172 g/mol. The summed E-state index contributed by atoms with van der Waals surface area (Å²) >= 11 is 0. The Hall–Kier alpha value is -0.935.